The van der Waals surface area contributed by atoms with E-state index in [-0.39, 0.29) is 18.2 Å². The predicted octanol–water partition coefficient (Wildman–Crippen LogP) is 2.46. The first-order valence-electron chi connectivity index (χ1n) is 7.33. The van der Waals surface area contributed by atoms with E-state index in [2.05, 4.69) is 33.4 Å². The summed E-state index contributed by atoms with van der Waals surface area (Å²) in [4.78, 5) is 11.5. The van der Waals surface area contributed by atoms with Crippen molar-refractivity contribution in [3.8, 4) is 0 Å². The van der Waals surface area contributed by atoms with Gasteiger partial charge in [0.15, 0.2) is 0 Å². The summed E-state index contributed by atoms with van der Waals surface area (Å²) in [6.45, 7) is 1.99. The summed E-state index contributed by atoms with van der Waals surface area (Å²) in [7, 11) is 1.39. The van der Waals surface area contributed by atoms with Crippen LogP contribution in [0, 0.1) is 11.8 Å². The molecule has 0 bridgehead atoms. The molecule has 1 heterocycles. The molecule has 1 aliphatic carbocycles. The molecule has 3 unspecified atom stereocenters. The Morgan fingerprint density at radius 1 is 1.48 bits per heavy atom. The van der Waals surface area contributed by atoms with Crippen LogP contribution in [0.25, 0.3) is 0 Å². The summed E-state index contributed by atoms with van der Waals surface area (Å²) in [5.41, 5.74) is 0.767. The molecule has 1 aromatic carbocycles. The topological polar surface area (TPSA) is 47.6 Å². The molecule has 0 aromatic heterocycles. The van der Waals surface area contributed by atoms with E-state index in [1.807, 2.05) is 12.1 Å². The van der Waals surface area contributed by atoms with Gasteiger partial charge in [-0.25, -0.2) is 4.79 Å². The van der Waals surface area contributed by atoms with Gasteiger partial charge in [0.25, 0.3) is 0 Å². The number of benzene rings is 1. The number of carbonyl (C=O) groups is 1. The normalized spacial score (nSPS) is 31.1. The molecule has 4 nitrogen and oxygen atoms in total. The number of rotatable bonds is 4. The Hall–Kier alpha value is -0.910. The van der Waals surface area contributed by atoms with E-state index in [1.54, 1.807) is 0 Å². The van der Waals surface area contributed by atoms with E-state index < -0.39 is 0 Å². The number of carbonyl (C=O) groups excluding carboxylic acids is 1. The molecule has 3 rings (SSSR count). The van der Waals surface area contributed by atoms with E-state index in [4.69, 9.17) is 9.47 Å². The smallest absolute Gasteiger partial charge is 0.331 e. The minimum absolute atomic E-state index is 0.00618. The van der Waals surface area contributed by atoms with Crippen LogP contribution in [0.2, 0.25) is 0 Å². The Labute approximate surface area is 133 Å². The Kier molecular flexibility index (Phi) is 4.33. The number of fused-ring (bicyclic) bond motifs is 1. The summed E-state index contributed by atoms with van der Waals surface area (Å²) in [5.74, 6) is 0.719. The van der Waals surface area contributed by atoms with Crippen molar-refractivity contribution in [1.29, 1.82) is 0 Å². The number of hydrogen-bond acceptors (Lipinski definition) is 4. The third kappa shape index (κ3) is 2.74. The maximum Gasteiger partial charge on any atom is 0.331 e. The van der Waals surface area contributed by atoms with E-state index >= 15 is 0 Å². The van der Waals surface area contributed by atoms with Crippen LogP contribution >= 0.6 is 15.9 Å². The largest absolute Gasteiger partial charge is 0.467 e. The lowest BCUT2D eigenvalue weighted by molar-refractivity contribution is -0.157. The zero-order valence-electron chi connectivity index (χ0n) is 12.1. The maximum atomic E-state index is 11.5. The predicted molar refractivity (Wildman–Crippen MR) is 82.9 cm³/mol. The second-order valence-corrected chi connectivity index (χ2v) is 6.74. The zero-order chi connectivity index (χ0) is 14.9. The van der Waals surface area contributed by atoms with Crippen molar-refractivity contribution < 1.29 is 14.3 Å². The van der Waals surface area contributed by atoms with Crippen LogP contribution in [0.1, 0.15) is 18.4 Å². The molecule has 0 spiro atoms. The van der Waals surface area contributed by atoms with Crippen LogP contribution in [0.5, 0.6) is 0 Å². The van der Waals surface area contributed by atoms with Gasteiger partial charge >= 0.3 is 5.97 Å². The molecule has 21 heavy (non-hydrogen) atoms. The lowest BCUT2D eigenvalue weighted by atomic mass is 9.82. The average molecular weight is 354 g/mol. The fraction of sp³-hybridized carbons (Fsp3) is 0.562. The summed E-state index contributed by atoms with van der Waals surface area (Å²) in [5, 5.41) is 3.46. The van der Waals surface area contributed by atoms with Gasteiger partial charge in [-0.1, -0.05) is 28.1 Å². The molecule has 0 radical (unpaired) electrons. The standard InChI is InChI=1S/C16H20BrNO3/c1-20-15(19)10-21-16(12-3-2-4-13(17)7-12)6-5-11-8-18-9-14(11)16/h2-4,7,11,14,18H,5-6,8-10H2,1H3. The Bertz CT molecular complexity index is 536. The van der Waals surface area contributed by atoms with Gasteiger partial charge < -0.3 is 14.8 Å². The highest BCUT2D eigenvalue weighted by Crippen LogP contribution is 2.51. The van der Waals surface area contributed by atoms with Crippen molar-refractivity contribution in [2.75, 3.05) is 26.8 Å². The second-order valence-electron chi connectivity index (χ2n) is 5.83. The highest BCUT2D eigenvalue weighted by molar-refractivity contribution is 9.10. The molecule has 2 aliphatic rings. The lowest BCUT2D eigenvalue weighted by Gasteiger charge is -2.35. The number of hydrogen-bond donors (Lipinski definition) is 1. The quantitative estimate of drug-likeness (QED) is 0.844. The van der Waals surface area contributed by atoms with Crippen LogP contribution in [0.15, 0.2) is 28.7 Å². The Morgan fingerprint density at radius 2 is 2.33 bits per heavy atom. The van der Waals surface area contributed by atoms with Gasteiger partial charge in [0.1, 0.15) is 6.61 Å². The molecule has 1 saturated carbocycles. The highest BCUT2D eigenvalue weighted by atomic mass is 79.9. The van der Waals surface area contributed by atoms with E-state index in [0.717, 1.165) is 36.0 Å². The average Bonchev–Trinajstić information content (AvgIpc) is 3.08. The Balaban J connectivity index is 1.93. The fourth-order valence-electron chi connectivity index (χ4n) is 3.79. The van der Waals surface area contributed by atoms with Crippen molar-refractivity contribution in [3.63, 3.8) is 0 Å². The summed E-state index contributed by atoms with van der Waals surface area (Å²) < 4.78 is 11.9. The lowest BCUT2D eigenvalue weighted by Crippen LogP contribution is -2.38. The molecule has 1 aliphatic heterocycles. The fourth-order valence-corrected chi connectivity index (χ4v) is 4.19. The number of esters is 1. The van der Waals surface area contributed by atoms with Gasteiger partial charge in [-0.2, -0.15) is 0 Å². The molecule has 5 heteroatoms. The van der Waals surface area contributed by atoms with Crippen LogP contribution < -0.4 is 5.32 Å². The molecule has 3 atom stereocenters. The van der Waals surface area contributed by atoms with Gasteiger partial charge in [0.05, 0.1) is 12.7 Å². The van der Waals surface area contributed by atoms with E-state index in [1.165, 1.54) is 7.11 Å². The first-order valence-corrected chi connectivity index (χ1v) is 8.12. The molecule has 2 fully saturated rings. The number of methoxy groups -OCH3 is 1. The minimum Gasteiger partial charge on any atom is -0.467 e. The Morgan fingerprint density at radius 3 is 3.10 bits per heavy atom. The first-order chi connectivity index (χ1) is 10.2. The van der Waals surface area contributed by atoms with Crippen LogP contribution in [0.3, 0.4) is 0 Å². The van der Waals surface area contributed by atoms with Gasteiger partial charge in [-0.05, 0) is 43.0 Å². The third-order valence-electron chi connectivity index (χ3n) is 4.81. The van der Waals surface area contributed by atoms with Crippen molar-refractivity contribution in [3.05, 3.63) is 34.3 Å². The molecular weight excluding hydrogens is 334 g/mol. The van der Waals surface area contributed by atoms with Crippen molar-refractivity contribution in [1.82, 2.24) is 5.32 Å². The SMILES string of the molecule is COC(=O)COC1(c2cccc(Br)c2)CCC2CNCC21. The molecule has 0 amide bonds. The number of nitrogens with one attached hydrogen (secondary N) is 1. The first kappa shape index (κ1) is 15.0. The number of ether oxygens (including phenoxy) is 2. The molecule has 1 N–H and O–H groups in total. The molecular formula is C16H20BrNO3. The summed E-state index contributed by atoms with van der Waals surface area (Å²) in [6, 6.07) is 8.25. The van der Waals surface area contributed by atoms with Gasteiger partial charge in [-0.3, -0.25) is 0 Å². The van der Waals surface area contributed by atoms with Gasteiger partial charge in [-0.15, -0.1) is 0 Å². The number of halogens is 1. The summed E-state index contributed by atoms with van der Waals surface area (Å²) >= 11 is 3.54. The van der Waals surface area contributed by atoms with Crippen molar-refractivity contribution in [2.24, 2.45) is 11.8 Å². The van der Waals surface area contributed by atoms with E-state index in [9.17, 15) is 4.79 Å². The van der Waals surface area contributed by atoms with E-state index in [0.29, 0.717) is 11.8 Å². The molecule has 114 valence electrons. The van der Waals surface area contributed by atoms with Gasteiger partial charge in [0, 0.05) is 16.9 Å². The third-order valence-corrected chi connectivity index (χ3v) is 5.31. The minimum atomic E-state index is -0.383. The monoisotopic (exact) mass is 353 g/mol. The molecule has 1 aromatic rings. The second kappa shape index (κ2) is 6.07. The summed E-state index contributed by atoms with van der Waals surface area (Å²) in [6.07, 6.45) is 2.09. The zero-order valence-corrected chi connectivity index (χ0v) is 13.7. The maximum absolute atomic E-state index is 11.5. The van der Waals surface area contributed by atoms with Crippen molar-refractivity contribution in [2.45, 2.75) is 18.4 Å². The van der Waals surface area contributed by atoms with Crippen LogP contribution in [-0.2, 0) is 19.9 Å². The molecule has 1 saturated heterocycles. The van der Waals surface area contributed by atoms with Crippen molar-refractivity contribution >= 4 is 21.9 Å². The van der Waals surface area contributed by atoms with Crippen LogP contribution in [0.4, 0.5) is 0 Å². The van der Waals surface area contributed by atoms with Gasteiger partial charge in [0.2, 0.25) is 0 Å². The highest BCUT2D eigenvalue weighted by Gasteiger charge is 2.52. The van der Waals surface area contributed by atoms with Crippen LogP contribution in [-0.4, -0.2) is 32.8 Å².